The molecule has 0 spiro atoms. The number of likely N-dealkylation sites (tertiary alicyclic amines) is 1. The van der Waals surface area contributed by atoms with Crippen molar-refractivity contribution in [1.29, 1.82) is 0 Å². The molecular formula is C19H22N2O. The summed E-state index contributed by atoms with van der Waals surface area (Å²) in [5, 5.41) is 0. The van der Waals surface area contributed by atoms with Crippen LogP contribution < -0.4 is 5.73 Å². The molecule has 1 fully saturated rings. The Morgan fingerprint density at radius 3 is 2.32 bits per heavy atom. The lowest BCUT2D eigenvalue weighted by atomic mass is 9.82. The van der Waals surface area contributed by atoms with Crippen LogP contribution >= 0.6 is 0 Å². The Hall–Kier alpha value is -2.29. The number of carbonyl (C=O) groups excluding carboxylic acids is 1. The molecule has 2 aromatic carbocycles. The van der Waals surface area contributed by atoms with Crippen LogP contribution in [0.15, 0.2) is 60.7 Å². The van der Waals surface area contributed by atoms with Gasteiger partial charge in [-0.15, -0.1) is 0 Å². The van der Waals surface area contributed by atoms with Gasteiger partial charge in [-0.3, -0.25) is 0 Å². The molecule has 114 valence electrons. The average molecular weight is 294 g/mol. The van der Waals surface area contributed by atoms with Crippen LogP contribution in [0, 0.1) is 0 Å². The molecule has 1 aliphatic heterocycles. The van der Waals surface area contributed by atoms with Crippen LogP contribution in [0.3, 0.4) is 0 Å². The summed E-state index contributed by atoms with van der Waals surface area (Å²) < 4.78 is 0. The minimum atomic E-state index is -0.311. The molecule has 1 saturated heterocycles. The molecule has 0 saturated carbocycles. The highest BCUT2D eigenvalue weighted by Crippen LogP contribution is 2.42. The van der Waals surface area contributed by atoms with E-state index in [1.807, 2.05) is 29.2 Å². The van der Waals surface area contributed by atoms with Crippen molar-refractivity contribution in [3.05, 3.63) is 71.8 Å². The smallest absolute Gasteiger partial charge is 0.315 e. The van der Waals surface area contributed by atoms with E-state index in [0.29, 0.717) is 0 Å². The summed E-state index contributed by atoms with van der Waals surface area (Å²) in [6, 6.07) is 20.4. The molecule has 1 aliphatic rings. The number of nitrogens with zero attached hydrogens (tertiary/aromatic N) is 1. The number of nitrogens with two attached hydrogens (primary N) is 1. The topological polar surface area (TPSA) is 46.3 Å². The Morgan fingerprint density at radius 2 is 1.68 bits per heavy atom. The lowest BCUT2D eigenvalue weighted by Gasteiger charge is -2.38. The molecule has 1 heterocycles. The molecule has 2 amide bonds. The minimum Gasteiger partial charge on any atom is -0.351 e. The third-order valence-electron chi connectivity index (χ3n) is 4.74. The molecule has 1 unspecified atom stereocenters. The number of hydrogen-bond donors (Lipinski definition) is 1. The normalized spacial score (nSPS) is 21.0. The minimum absolute atomic E-state index is 0.261. The highest BCUT2D eigenvalue weighted by Gasteiger charge is 2.43. The number of benzene rings is 2. The highest BCUT2D eigenvalue weighted by molar-refractivity contribution is 5.73. The zero-order chi connectivity index (χ0) is 15.4. The van der Waals surface area contributed by atoms with E-state index < -0.39 is 0 Å². The fourth-order valence-corrected chi connectivity index (χ4v) is 3.65. The Morgan fingerprint density at radius 1 is 1.05 bits per heavy atom. The third kappa shape index (κ3) is 2.71. The Bertz CT molecular complexity index is 626. The van der Waals surface area contributed by atoms with Crippen molar-refractivity contribution >= 4 is 6.03 Å². The summed E-state index contributed by atoms with van der Waals surface area (Å²) in [6.07, 6.45) is 3.84. The van der Waals surface area contributed by atoms with Gasteiger partial charge in [0.2, 0.25) is 0 Å². The van der Waals surface area contributed by atoms with Crippen molar-refractivity contribution < 1.29 is 4.79 Å². The van der Waals surface area contributed by atoms with Gasteiger partial charge in [0.1, 0.15) is 0 Å². The summed E-state index contributed by atoms with van der Waals surface area (Å²) in [4.78, 5) is 13.8. The maximum absolute atomic E-state index is 11.9. The first-order chi connectivity index (χ1) is 10.7. The van der Waals surface area contributed by atoms with Gasteiger partial charge < -0.3 is 10.6 Å². The van der Waals surface area contributed by atoms with E-state index >= 15 is 0 Å². The Balaban J connectivity index is 1.91. The van der Waals surface area contributed by atoms with Gasteiger partial charge in [0.15, 0.2) is 0 Å². The predicted octanol–water partition coefficient (Wildman–Crippen LogP) is 3.69. The summed E-state index contributed by atoms with van der Waals surface area (Å²) in [6.45, 7) is 0.749. The predicted molar refractivity (Wildman–Crippen MR) is 88.4 cm³/mol. The Kier molecular flexibility index (Phi) is 4.14. The molecule has 0 bridgehead atoms. The summed E-state index contributed by atoms with van der Waals surface area (Å²) >= 11 is 0. The van der Waals surface area contributed by atoms with Gasteiger partial charge in [-0.2, -0.15) is 0 Å². The van der Waals surface area contributed by atoms with Gasteiger partial charge in [-0.1, -0.05) is 60.7 Å². The number of aryl methyl sites for hydroxylation is 1. The van der Waals surface area contributed by atoms with E-state index in [1.54, 1.807) is 0 Å². The monoisotopic (exact) mass is 294 g/mol. The van der Waals surface area contributed by atoms with Crippen molar-refractivity contribution in [2.24, 2.45) is 5.73 Å². The maximum Gasteiger partial charge on any atom is 0.315 e. The molecule has 0 radical (unpaired) electrons. The van der Waals surface area contributed by atoms with E-state index in [0.717, 1.165) is 32.2 Å². The number of urea groups is 1. The van der Waals surface area contributed by atoms with Crippen molar-refractivity contribution in [2.75, 3.05) is 6.54 Å². The van der Waals surface area contributed by atoms with Crippen LogP contribution in [0.4, 0.5) is 4.79 Å². The SMILES string of the molecule is NC(=O)N1CCCC1(CCc1ccccc1)c1ccccc1. The number of rotatable bonds is 4. The van der Waals surface area contributed by atoms with E-state index in [1.165, 1.54) is 11.1 Å². The van der Waals surface area contributed by atoms with E-state index in [-0.39, 0.29) is 11.6 Å². The van der Waals surface area contributed by atoms with Crippen LogP contribution in [0.2, 0.25) is 0 Å². The van der Waals surface area contributed by atoms with Crippen molar-refractivity contribution in [3.63, 3.8) is 0 Å². The first-order valence-corrected chi connectivity index (χ1v) is 7.89. The Labute approximate surface area is 131 Å². The molecule has 1 atom stereocenters. The van der Waals surface area contributed by atoms with Crippen LogP contribution in [0.25, 0.3) is 0 Å². The zero-order valence-electron chi connectivity index (χ0n) is 12.7. The van der Waals surface area contributed by atoms with Gasteiger partial charge in [0.05, 0.1) is 5.54 Å². The molecule has 0 aromatic heterocycles. The van der Waals surface area contributed by atoms with Gasteiger partial charge in [0, 0.05) is 6.54 Å². The summed E-state index contributed by atoms with van der Waals surface area (Å²) in [5.41, 5.74) is 7.90. The molecule has 0 aliphatic carbocycles. The number of primary amides is 1. The molecule has 2 aromatic rings. The zero-order valence-corrected chi connectivity index (χ0v) is 12.7. The molecule has 2 N–H and O–H groups in total. The average Bonchev–Trinajstić information content (AvgIpc) is 3.00. The van der Waals surface area contributed by atoms with Crippen molar-refractivity contribution in [3.8, 4) is 0 Å². The van der Waals surface area contributed by atoms with E-state index in [4.69, 9.17) is 5.73 Å². The molecule has 3 heteroatoms. The highest BCUT2D eigenvalue weighted by atomic mass is 16.2. The molecular weight excluding hydrogens is 272 g/mol. The van der Waals surface area contributed by atoms with Crippen LogP contribution in [-0.2, 0) is 12.0 Å². The molecule has 22 heavy (non-hydrogen) atoms. The van der Waals surface area contributed by atoms with Crippen LogP contribution in [0.1, 0.15) is 30.4 Å². The first-order valence-electron chi connectivity index (χ1n) is 7.89. The fourth-order valence-electron chi connectivity index (χ4n) is 3.65. The van der Waals surface area contributed by atoms with Crippen LogP contribution in [-0.4, -0.2) is 17.5 Å². The largest absolute Gasteiger partial charge is 0.351 e. The van der Waals surface area contributed by atoms with Gasteiger partial charge in [0.25, 0.3) is 0 Å². The summed E-state index contributed by atoms with van der Waals surface area (Å²) in [7, 11) is 0. The quantitative estimate of drug-likeness (QED) is 0.918. The van der Waals surface area contributed by atoms with Crippen LogP contribution in [0.5, 0.6) is 0 Å². The lowest BCUT2D eigenvalue weighted by Crippen LogP contribution is -2.47. The molecule has 3 nitrogen and oxygen atoms in total. The second-order valence-corrected chi connectivity index (χ2v) is 5.98. The second-order valence-electron chi connectivity index (χ2n) is 5.98. The third-order valence-corrected chi connectivity index (χ3v) is 4.74. The van der Waals surface area contributed by atoms with Crippen molar-refractivity contribution in [1.82, 2.24) is 4.90 Å². The number of hydrogen-bond acceptors (Lipinski definition) is 1. The van der Waals surface area contributed by atoms with Gasteiger partial charge in [-0.05, 0) is 36.8 Å². The van der Waals surface area contributed by atoms with Gasteiger partial charge in [-0.25, -0.2) is 4.79 Å². The van der Waals surface area contributed by atoms with Gasteiger partial charge >= 0.3 is 6.03 Å². The second kappa shape index (κ2) is 6.22. The lowest BCUT2D eigenvalue weighted by molar-refractivity contribution is 0.145. The van der Waals surface area contributed by atoms with Crippen molar-refractivity contribution in [2.45, 2.75) is 31.2 Å². The first kappa shape index (κ1) is 14.6. The molecule has 3 rings (SSSR count). The number of carbonyl (C=O) groups is 1. The maximum atomic E-state index is 11.9. The summed E-state index contributed by atoms with van der Waals surface area (Å²) in [5.74, 6) is 0. The van der Waals surface area contributed by atoms with E-state index in [9.17, 15) is 4.79 Å². The van der Waals surface area contributed by atoms with E-state index in [2.05, 4.69) is 36.4 Å². The fraction of sp³-hybridized carbons (Fsp3) is 0.316. The number of amides is 2. The standard InChI is InChI=1S/C19H22N2O/c20-18(22)21-15-7-13-19(21,17-10-5-2-6-11-17)14-12-16-8-3-1-4-9-16/h1-6,8-11H,7,12-15H2,(H2,20,22).